The molecule has 0 aliphatic carbocycles. The Balaban J connectivity index is 1.80. The van der Waals surface area contributed by atoms with Crippen LogP contribution in [-0.4, -0.2) is 36.8 Å². The lowest BCUT2D eigenvalue weighted by Crippen LogP contribution is -2.51. The van der Waals surface area contributed by atoms with Crippen molar-refractivity contribution in [2.75, 3.05) is 19.8 Å². The first kappa shape index (κ1) is 13.8. The van der Waals surface area contributed by atoms with Gasteiger partial charge in [0, 0.05) is 12.0 Å². The van der Waals surface area contributed by atoms with Gasteiger partial charge in [-0.05, 0) is 24.1 Å². The van der Waals surface area contributed by atoms with Crippen LogP contribution in [0.5, 0.6) is 5.75 Å². The fraction of sp³-hybridized carbons (Fsp3) is 0.500. The number of hydrogen-bond acceptors (Lipinski definition) is 4. The third kappa shape index (κ3) is 3.68. The van der Waals surface area contributed by atoms with Crippen LogP contribution in [0.1, 0.15) is 12.5 Å². The van der Waals surface area contributed by atoms with Gasteiger partial charge in [0.1, 0.15) is 5.75 Å². The molecule has 1 atom stereocenters. The number of ether oxygens (including phenoxy) is 1. The number of rotatable bonds is 5. The number of benzene rings is 1. The molecule has 2 rings (SSSR count). The molecular formula is C14H20N2O3. The number of amides is 1. The number of hydrogen-bond donors (Lipinski definition) is 3. The van der Waals surface area contributed by atoms with E-state index in [0.717, 1.165) is 5.56 Å². The Bertz CT molecular complexity index is 441. The molecule has 5 nitrogen and oxygen atoms in total. The molecule has 1 aliphatic rings. The number of nitrogens with two attached hydrogens (primary N) is 1. The van der Waals surface area contributed by atoms with Crippen LogP contribution in [0.4, 0.5) is 0 Å². The van der Waals surface area contributed by atoms with E-state index in [-0.39, 0.29) is 17.1 Å². The fourth-order valence-corrected chi connectivity index (χ4v) is 1.96. The molecule has 0 aromatic heterocycles. The Labute approximate surface area is 112 Å². The number of carbonyl (C=O) groups excluding carboxylic acids is 1. The quantitative estimate of drug-likeness (QED) is 0.719. The Kier molecular flexibility index (Phi) is 4.07. The molecule has 4 N–H and O–H groups in total. The van der Waals surface area contributed by atoms with Crippen LogP contribution in [0, 0.1) is 5.41 Å². The molecule has 1 heterocycles. The van der Waals surface area contributed by atoms with Crippen molar-refractivity contribution in [2.24, 2.45) is 11.1 Å². The minimum Gasteiger partial charge on any atom is -0.508 e. The van der Waals surface area contributed by atoms with Crippen LogP contribution in [0.2, 0.25) is 0 Å². The second-order valence-corrected chi connectivity index (χ2v) is 5.50. The first-order chi connectivity index (χ1) is 8.98. The van der Waals surface area contributed by atoms with Gasteiger partial charge in [0.15, 0.2) is 0 Å². The third-order valence-electron chi connectivity index (χ3n) is 3.32. The number of phenols is 1. The van der Waals surface area contributed by atoms with E-state index in [2.05, 4.69) is 12.2 Å². The summed E-state index contributed by atoms with van der Waals surface area (Å²) in [5, 5.41) is 12.0. The van der Waals surface area contributed by atoms with E-state index in [9.17, 15) is 9.90 Å². The van der Waals surface area contributed by atoms with Crippen molar-refractivity contribution in [3.05, 3.63) is 29.8 Å². The second kappa shape index (κ2) is 5.59. The van der Waals surface area contributed by atoms with E-state index in [4.69, 9.17) is 10.5 Å². The summed E-state index contributed by atoms with van der Waals surface area (Å²) in [4.78, 5) is 11.9. The topological polar surface area (TPSA) is 84.6 Å². The molecule has 0 radical (unpaired) electrons. The Morgan fingerprint density at radius 2 is 2.11 bits per heavy atom. The van der Waals surface area contributed by atoms with Crippen LogP contribution in [0.3, 0.4) is 0 Å². The molecule has 1 fully saturated rings. The zero-order valence-electron chi connectivity index (χ0n) is 11.1. The molecule has 1 aliphatic heterocycles. The average Bonchev–Trinajstić information content (AvgIpc) is 2.36. The van der Waals surface area contributed by atoms with Gasteiger partial charge in [0.2, 0.25) is 5.91 Å². The van der Waals surface area contributed by atoms with Crippen LogP contribution in [-0.2, 0) is 16.0 Å². The van der Waals surface area contributed by atoms with Crippen LogP contribution >= 0.6 is 0 Å². The van der Waals surface area contributed by atoms with Gasteiger partial charge in [0.05, 0.1) is 19.3 Å². The van der Waals surface area contributed by atoms with Gasteiger partial charge in [-0.1, -0.05) is 19.1 Å². The average molecular weight is 264 g/mol. The SMILES string of the molecule is CC1(CNC(=O)[C@H](N)Cc2ccc(O)cc2)COC1. The summed E-state index contributed by atoms with van der Waals surface area (Å²) in [6, 6.07) is 6.14. The predicted octanol–water partition coefficient (Wildman–Crippen LogP) is 0.415. The van der Waals surface area contributed by atoms with Crippen LogP contribution < -0.4 is 11.1 Å². The van der Waals surface area contributed by atoms with E-state index in [1.165, 1.54) is 0 Å². The third-order valence-corrected chi connectivity index (χ3v) is 3.32. The smallest absolute Gasteiger partial charge is 0.237 e. The first-order valence-electron chi connectivity index (χ1n) is 6.37. The molecule has 0 bridgehead atoms. The molecule has 5 heteroatoms. The molecule has 1 saturated heterocycles. The monoisotopic (exact) mass is 264 g/mol. The number of nitrogens with one attached hydrogen (secondary N) is 1. The van der Waals surface area contributed by atoms with Crippen molar-refractivity contribution >= 4 is 5.91 Å². The maximum absolute atomic E-state index is 11.9. The fourth-order valence-electron chi connectivity index (χ4n) is 1.96. The molecular weight excluding hydrogens is 244 g/mol. The Morgan fingerprint density at radius 3 is 2.63 bits per heavy atom. The molecule has 0 saturated carbocycles. The largest absolute Gasteiger partial charge is 0.508 e. The highest BCUT2D eigenvalue weighted by Crippen LogP contribution is 2.25. The minimum absolute atomic E-state index is 0.0495. The van der Waals surface area contributed by atoms with Crippen molar-refractivity contribution in [1.82, 2.24) is 5.32 Å². The van der Waals surface area contributed by atoms with Gasteiger partial charge in [-0.15, -0.1) is 0 Å². The van der Waals surface area contributed by atoms with Crippen molar-refractivity contribution in [1.29, 1.82) is 0 Å². The summed E-state index contributed by atoms with van der Waals surface area (Å²) in [5.74, 6) is 0.0564. The summed E-state index contributed by atoms with van der Waals surface area (Å²) >= 11 is 0. The molecule has 104 valence electrons. The van der Waals surface area contributed by atoms with Crippen molar-refractivity contribution in [3.63, 3.8) is 0 Å². The van der Waals surface area contributed by atoms with Gasteiger partial charge >= 0.3 is 0 Å². The summed E-state index contributed by atoms with van der Waals surface area (Å²) < 4.78 is 5.13. The molecule has 0 spiro atoms. The molecule has 1 aromatic rings. The van der Waals surface area contributed by atoms with Gasteiger partial charge in [-0.3, -0.25) is 4.79 Å². The molecule has 1 amide bonds. The van der Waals surface area contributed by atoms with Crippen molar-refractivity contribution < 1.29 is 14.6 Å². The number of phenolic OH excluding ortho intramolecular Hbond substituents is 1. The maximum Gasteiger partial charge on any atom is 0.237 e. The summed E-state index contributed by atoms with van der Waals surface area (Å²) in [6.45, 7) is 4.03. The highest BCUT2D eigenvalue weighted by atomic mass is 16.5. The van der Waals surface area contributed by atoms with E-state index >= 15 is 0 Å². The highest BCUT2D eigenvalue weighted by Gasteiger charge is 2.33. The number of carbonyl (C=O) groups is 1. The number of aromatic hydroxyl groups is 1. The Morgan fingerprint density at radius 1 is 1.47 bits per heavy atom. The van der Waals surface area contributed by atoms with E-state index in [0.29, 0.717) is 26.2 Å². The molecule has 19 heavy (non-hydrogen) atoms. The summed E-state index contributed by atoms with van der Waals surface area (Å²) in [5.41, 5.74) is 6.85. The van der Waals surface area contributed by atoms with Gasteiger partial charge < -0.3 is 20.9 Å². The lowest BCUT2D eigenvalue weighted by atomic mass is 9.88. The van der Waals surface area contributed by atoms with Gasteiger partial charge in [-0.25, -0.2) is 0 Å². The maximum atomic E-state index is 11.9. The lowest BCUT2D eigenvalue weighted by molar-refractivity contribution is -0.127. The highest BCUT2D eigenvalue weighted by molar-refractivity contribution is 5.81. The lowest BCUT2D eigenvalue weighted by Gasteiger charge is -2.38. The van der Waals surface area contributed by atoms with Crippen molar-refractivity contribution in [3.8, 4) is 5.75 Å². The molecule has 0 unspecified atom stereocenters. The van der Waals surface area contributed by atoms with Crippen molar-refractivity contribution in [2.45, 2.75) is 19.4 Å². The van der Waals surface area contributed by atoms with E-state index in [1.807, 2.05) is 0 Å². The zero-order valence-corrected chi connectivity index (χ0v) is 11.1. The predicted molar refractivity (Wildman–Crippen MR) is 71.7 cm³/mol. The second-order valence-electron chi connectivity index (χ2n) is 5.50. The van der Waals surface area contributed by atoms with Crippen LogP contribution in [0.25, 0.3) is 0 Å². The van der Waals surface area contributed by atoms with E-state index in [1.54, 1.807) is 24.3 Å². The zero-order chi connectivity index (χ0) is 13.9. The Hall–Kier alpha value is -1.59. The van der Waals surface area contributed by atoms with E-state index < -0.39 is 6.04 Å². The van der Waals surface area contributed by atoms with Gasteiger partial charge in [0.25, 0.3) is 0 Å². The standard InChI is InChI=1S/C14H20N2O3/c1-14(8-19-9-14)7-16-13(18)12(15)6-10-2-4-11(17)5-3-10/h2-5,12,17H,6-9,15H2,1H3,(H,16,18)/t12-/m1/s1. The normalized spacial score (nSPS) is 18.4. The molecule has 1 aromatic carbocycles. The first-order valence-corrected chi connectivity index (χ1v) is 6.37. The summed E-state index contributed by atoms with van der Waals surface area (Å²) in [6.07, 6.45) is 0.458. The minimum atomic E-state index is -0.575. The van der Waals surface area contributed by atoms with Crippen LogP contribution in [0.15, 0.2) is 24.3 Å². The van der Waals surface area contributed by atoms with Gasteiger partial charge in [-0.2, -0.15) is 0 Å². The summed E-state index contributed by atoms with van der Waals surface area (Å²) in [7, 11) is 0.